The van der Waals surface area contributed by atoms with Crippen molar-refractivity contribution in [2.24, 2.45) is 0 Å². The van der Waals surface area contributed by atoms with E-state index in [4.69, 9.17) is 11.6 Å². The highest BCUT2D eigenvalue weighted by Gasteiger charge is 2.05. The minimum atomic E-state index is -0.0294. The predicted molar refractivity (Wildman–Crippen MR) is 97.8 cm³/mol. The van der Waals surface area contributed by atoms with Crippen LogP contribution < -0.4 is 15.5 Å². The van der Waals surface area contributed by atoms with E-state index in [0.29, 0.717) is 30.5 Å². The lowest BCUT2D eigenvalue weighted by molar-refractivity contribution is -0.120. The third-order valence-corrected chi connectivity index (χ3v) is 3.56. The second kappa shape index (κ2) is 8.49. The number of carbonyl (C=O) groups excluding carboxylic acids is 1. The van der Waals surface area contributed by atoms with E-state index in [2.05, 4.69) is 20.6 Å². The summed E-state index contributed by atoms with van der Waals surface area (Å²) in [4.78, 5) is 22.6. The van der Waals surface area contributed by atoms with Gasteiger partial charge in [0, 0.05) is 44.0 Å². The zero-order chi connectivity index (χ0) is 17.5. The summed E-state index contributed by atoms with van der Waals surface area (Å²) < 4.78 is 0. The zero-order valence-corrected chi connectivity index (χ0v) is 14.9. The molecule has 0 aliphatic carbocycles. The van der Waals surface area contributed by atoms with Crippen LogP contribution in [-0.4, -0.2) is 43.1 Å². The van der Waals surface area contributed by atoms with Crippen LogP contribution in [0.15, 0.2) is 30.3 Å². The Kier molecular flexibility index (Phi) is 6.37. The number of rotatable bonds is 7. The molecule has 6 nitrogen and oxygen atoms in total. The Morgan fingerprint density at radius 2 is 1.88 bits per heavy atom. The Hall–Kier alpha value is -2.34. The quantitative estimate of drug-likeness (QED) is 0.752. The molecular formula is C17H22ClN5O. The van der Waals surface area contributed by atoms with Crippen molar-refractivity contribution in [3.8, 4) is 0 Å². The van der Waals surface area contributed by atoms with Crippen molar-refractivity contribution in [1.82, 2.24) is 15.3 Å². The lowest BCUT2D eigenvalue weighted by Crippen LogP contribution is -2.30. The zero-order valence-electron chi connectivity index (χ0n) is 14.1. The highest BCUT2D eigenvalue weighted by molar-refractivity contribution is 6.30. The van der Waals surface area contributed by atoms with Crippen molar-refractivity contribution in [3.05, 3.63) is 46.6 Å². The highest BCUT2D eigenvalue weighted by Crippen LogP contribution is 2.12. The molecule has 0 fully saturated rings. The number of benzene rings is 1. The molecule has 0 aliphatic heterocycles. The number of hydrogen-bond acceptors (Lipinski definition) is 5. The summed E-state index contributed by atoms with van der Waals surface area (Å²) in [5.74, 6) is 1.38. The summed E-state index contributed by atoms with van der Waals surface area (Å²) in [5, 5.41) is 6.66. The molecule has 24 heavy (non-hydrogen) atoms. The Bertz CT molecular complexity index is 688. The largest absolute Gasteiger partial charge is 0.363 e. The fourth-order valence-corrected chi connectivity index (χ4v) is 2.21. The molecule has 0 saturated carbocycles. The third kappa shape index (κ3) is 5.70. The van der Waals surface area contributed by atoms with Crippen LogP contribution in [0, 0.1) is 6.92 Å². The monoisotopic (exact) mass is 347 g/mol. The summed E-state index contributed by atoms with van der Waals surface area (Å²) in [6.07, 6.45) is 0.336. The molecule has 0 atom stereocenters. The smallest absolute Gasteiger partial charge is 0.224 e. The van der Waals surface area contributed by atoms with Gasteiger partial charge in [-0.05, 0) is 24.6 Å². The second-order valence-corrected chi connectivity index (χ2v) is 6.10. The number of aryl methyl sites for hydroxylation is 1. The lowest BCUT2D eigenvalue weighted by atomic mass is 10.1. The standard InChI is InChI=1S/C17H22ClN5O/c1-12-10-15(23(2)3)22-17(21-12)20-9-8-19-16(24)11-13-4-6-14(18)7-5-13/h4-7,10H,8-9,11H2,1-3H3,(H,19,24)(H,20,21,22). The molecule has 0 bridgehead atoms. The Balaban J connectivity index is 1.76. The van der Waals surface area contributed by atoms with Gasteiger partial charge in [-0.3, -0.25) is 4.79 Å². The van der Waals surface area contributed by atoms with Gasteiger partial charge in [0.1, 0.15) is 5.82 Å². The van der Waals surface area contributed by atoms with Crippen LogP contribution in [0.1, 0.15) is 11.3 Å². The minimum absolute atomic E-state index is 0.0294. The van der Waals surface area contributed by atoms with E-state index in [1.54, 1.807) is 12.1 Å². The normalized spacial score (nSPS) is 10.3. The molecule has 2 rings (SSSR count). The topological polar surface area (TPSA) is 70.2 Å². The van der Waals surface area contributed by atoms with Crippen molar-refractivity contribution < 1.29 is 4.79 Å². The summed E-state index contributed by atoms with van der Waals surface area (Å²) in [6, 6.07) is 9.18. The summed E-state index contributed by atoms with van der Waals surface area (Å²) in [7, 11) is 3.87. The molecule has 1 heterocycles. The maximum absolute atomic E-state index is 11.9. The van der Waals surface area contributed by atoms with Crippen molar-refractivity contribution in [1.29, 1.82) is 0 Å². The van der Waals surface area contributed by atoms with Crippen LogP contribution in [0.5, 0.6) is 0 Å². The van der Waals surface area contributed by atoms with Gasteiger partial charge in [-0.1, -0.05) is 23.7 Å². The molecule has 0 aliphatic rings. The lowest BCUT2D eigenvalue weighted by Gasteiger charge is -2.14. The maximum atomic E-state index is 11.9. The predicted octanol–water partition coefficient (Wildman–Crippen LogP) is 2.28. The van der Waals surface area contributed by atoms with Crippen LogP contribution in [-0.2, 0) is 11.2 Å². The SMILES string of the molecule is Cc1cc(N(C)C)nc(NCCNC(=O)Cc2ccc(Cl)cc2)n1. The minimum Gasteiger partial charge on any atom is -0.363 e. The molecule has 0 spiro atoms. The first-order valence-corrected chi connectivity index (χ1v) is 8.10. The molecule has 0 radical (unpaired) electrons. The second-order valence-electron chi connectivity index (χ2n) is 5.67. The van der Waals surface area contributed by atoms with Gasteiger partial charge >= 0.3 is 0 Å². The van der Waals surface area contributed by atoms with E-state index in [0.717, 1.165) is 17.1 Å². The Morgan fingerprint density at radius 3 is 2.54 bits per heavy atom. The van der Waals surface area contributed by atoms with E-state index < -0.39 is 0 Å². The number of aromatic nitrogens is 2. The number of anilines is 2. The van der Waals surface area contributed by atoms with Crippen LogP contribution >= 0.6 is 11.6 Å². The number of amides is 1. The number of nitrogens with one attached hydrogen (secondary N) is 2. The molecule has 1 aromatic carbocycles. The molecule has 1 amide bonds. The maximum Gasteiger partial charge on any atom is 0.224 e. The van der Waals surface area contributed by atoms with Gasteiger partial charge in [0.15, 0.2) is 0 Å². The molecule has 0 unspecified atom stereocenters. The van der Waals surface area contributed by atoms with E-state index in [1.165, 1.54) is 0 Å². The first-order chi connectivity index (χ1) is 11.4. The van der Waals surface area contributed by atoms with Gasteiger partial charge in [0.2, 0.25) is 11.9 Å². The van der Waals surface area contributed by atoms with Crippen molar-refractivity contribution in [2.75, 3.05) is 37.4 Å². The molecule has 1 aromatic heterocycles. The van der Waals surface area contributed by atoms with Gasteiger partial charge in [-0.25, -0.2) is 4.98 Å². The van der Waals surface area contributed by atoms with Gasteiger partial charge in [-0.2, -0.15) is 4.98 Å². The van der Waals surface area contributed by atoms with Gasteiger partial charge in [0.05, 0.1) is 6.42 Å². The first kappa shape index (κ1) is 18.0. The van der Waals surface area contributed by atoms with E-state index >= 15 is 0 Å². The van der Waals surface area contributed by atoms with E-state index in [9.17, 15) is 4.79 Å². The molecule has 128 valence electrons. The van der Waals surface area contributed by atoms with Crippen LogP contribution in [0.3, 0.4) is 0 Å². The summed E-state index contributed by atoms with van der Waals surface area (Å²) in [5.41, 5.74) is 1.82. The number of hydrogen-bond donors (Lipinski definition) is 2. The third-order valence-electron chi connectivity index (χ3n) is 3.31. The van der Waals surface area contributed by atoms with Crippen molar-refractivity contribution in [3.63, 3.8) is 0 Å². The molecule has 7 heteroatoms. The van der Waals surface area contributed by atoms with Crippen molar-refractivity contribution in [2.45, 2.75) is 13.3 Å². The Morgan fingerprint density at radius 1 is 1.17 bits per heavy atom. The van der Waals surface area contributed by atoms with Gasteiger partial charge in [0.25, 0.3) is 0 Å². The first-order valence-electron chi connectivity index (χ1n) is 7.72. The average molecular weight is 348 g/mol. The fourth-order valence-electron chi connectivity index (χ4n) is 2.09. The number of halogens is 1. The Labute approximate surface area is 147 Å². The van der Waals surface area contributed by atoms with Crippen LogP contribution in [0.25, 0.3) is 0 Å². The van der Waals surface area contributed by atoms with Gasteiger partial charge in [-0.15, -0.1) is 0 Å². The summed E-state index contributed by atoms with van der Waals surface area (Å²) >= 11 is 5.83. The van der Waals surface area contributed by atoms with Crippen LogP contribution in [0.2, 0.25) is 5.02 Å². The number of nitrogens with zero attached hydrogens (tertiary/aromatic N) is 3. The van der Waals surface area contributed by atoms with E-state index in [1.807, 2.05) is 44.1 Å². The average Bonchev–Trinajstić information content (AvgIpc) is 2.53. The summed E-state index contributed by atoms with van der Waals surface area (Å²) in [6.45, 7) is 2.98. The highest BCUT2D eigenvalue weighted by atomic mass is 35.5. The molecular weight excluding hydrogens is 326 g/mol. The van der Waals surface area contributed by atoms with Crippen LogP contribution in [0.4, 0.5) is 11.8 Å². The fraction of sp³-hybridized carbons (Fsp3) is 0.353. The molecule has 2 aromatic rings. The van der Waals surface area contributed by atoms with E-state index in [-0.39, 0.29) is 5.91 Å². The number of carbonyl (C=O) groups is 1. The van der Waals surface area contributed by atoms with Gasteiger partial charge < -0.3 is 15.5 Å². The molecule has 2 N–H and O–H groups in total. The van der Waals surface area contributed by atoms with Crippen molar-refractivity contribution >= 4 is 29.3 Å². The molecule has 0 saturated heterocycles.